The van der Waals surface area contributed by atoms with Crippen LogP contribution < -0.4 is 16.0 Å². The molecular weight excluding hydrogens is 690 g/mol. The number of hydrogen-bond donors (Lipinski definition) is 6. The van der Waals surface area contributed by atoms with E-state index in [0.29, 0.717) is 36.8 Å². The molecule has 1 saturated carbocycles. The van der Waals surface area contributed by atoms with Crippen molar-refractivity contribution in [2.45, 2.75) is 121 Å². The number of aryl methyl sites for hydroxylation is 2. The Labute approximate surface area is 315 Å². The number of tetrazole rings is 1. The number of imidazole rings is 1. The number of phenols is 1. The van der Waals surface area contributed by atoms with Crippen LogP contribution in [0.2, 0.25) is 0 Å². The number of aromatic amines is 1. The molecule has 4 atom stereocenters. The number of carbonyl (C=O) groups is 3. The third kappa shape index (κ3) is 12.7. The van der Waals surface area contributed by atoms with Crippen molar-refractivity contribution >= 4 is 17.9 Å². The van der Waals surface area contributed by atoms with Crippen LogP contribution in [0.3, 0.4) is 0 Å². The maximum absolute atomic E-state index is 14.3. The number of aromatic hydroxyl groups is 1. The Bertz CT molecular complexity index is 1750. The van der Waals surface area contributed by atoms with E-state index in [0.717, 1.165) is 43.2 Å². The van der Waals surface area contributed by atoms with Gasteiger partial charge in [-0.25, -0.2) is 14.5 Å². The van der Waals surface area contributed by atoms with Gasteiger partial charge in [0.25, 0.3) is 0 Å². The fourth-order valence-electron chi connectivity index (χ4n) is 6.75. The number of nitrogens with one attached hydrogen (secondary N) is 4. The monoisotopic (exact) mass is 743 g/mol. The van der Waals surface area contributed by atoms with Crippen LogP contribution in [-0.2, 0) is 46.6 Å². The number of aliphatic hydroxyl groups excluding tert-OH is 1. The molecule has 4 aromatic rings. The molecule has 1 fully saturated rings. The van der Waals surface area contributed by atoms with Crippen molar-refractivity contribution in [1.29, 1.82) is 0 Å². The van der Waals surface area contributed by atoms with Crippen LogP contribution in [-0.4, -0.2) is 88.1 Å². The highest BCUT2D eigenvalue weighted by Gasteiger charge is 2.33. The predicted octanol–water partition coefficient (Wildman–Crippen LogP) is 3.57. The van der Waals surface area contributed by atoms with Gasteiger partial charge in [-0.2, -0.15) is 0 Å². The molecule has 0 saturated heterocycles. The van der Waals surface area contributed by atoms with Crippen LogP contribution in [0.1, 0.15) is 81.9 Å². The average Bonchev–Trinajstić information content (AvgIpc) is 3.82. The van der Waals surface area contributed by atoms with Crippen LogP contribution in [0, 0.1) is 5.92 Å². The normalized spacial score (nSPS) is 15.8. The molecule has 0 radical (unpaired) electrons. The summed E-state index contributed by atoms with van der Waals surface area (Å²) in [4.78, 5) is 48.2. The highest BCUT2D eigenvalue weighted by Crippen LogP contribution is 2.28. The maximum atomic E-state index is 14.3. The van der Waals surface area contributed by atoms with Gasteiger partial charge < -0.3 is 35.9 Å². The molecule has 1 aliphatic carbocycles. The molecule has 3 amide bonds. The number of nitrogens with zero attached hydrogens (tertiary/aromatic N) is 5. The molecule has 290 valence electrons. The Balaban J connectivity index is 1.33. The molecule has 0 aliphatic heterocycles. The van der Waals surface area contributed by atoms with Crippen LogP contribution in [0.15, 0.2) is 67.1 Å². The Kier molecular flexibility index (Phi) is 14.1. The first-order valence-electron chi connectivity index (χ1n) is 18.7. The standard InChI is InChI=1S/C39H53N9O6/c1-39(2,3)54-38(53)44-32(21-28-12-8-5-9-13-28)36(51)43-33(22-29-24-40-25-41-29)37(52)42-31(20-27-10-6-4-7-11-27)34(50)23-35-45-46-47-48(35)19-18-26-14-16-30(49)17-15-26/h5,8-9,12-17,24-25,27,31-34,49-50H,4,6-7,10-11,18-23H2,1-3H3,(H,40,41)(H,42,52)(H,43,51)(H,44,53)/t31-,32-,33-,34-/m0/s1. The number of alkyl carbamates (subject to hydrolysis) is 1. The number of phenolic OH excluding ortho intramolecular Hbond substituents is 1. The highest BCUT2D eigenvalue weighted by molar-refractivity contribution is 5.91. The zero-order valence-corrected chi connectivity index (χ0v) is 31.3. The summed E-state index contributed by atoms with van der Waals surface area (Å²) in [7, 11) is 0. The summed E-state index contributed by atoms with van der Waals surface area (Å²) in [5.74, 6) is -0.0875. The summed E-state index contributed by atoms with van der Waals surface area (Å²) in [5, 5.41) is 42.2. The Hall–Kier alpha value is -5.31. The summed E-state index contributed by atoms with van der Waals surface area (Å²) < 4.78 is 7.10. The van der Waals surface area contributed by atoms with Gasteiger partial charge >= 0.3 is 6.09 Å². The third-order valence-corrected chi connectivity index (χ3v) is 9.55. The molecule has 0 bridgehead atoms. The van der Waals surface area contributed by atoms with E-state index in [9.17, 15) is 24.6 Å². The number of aromatic nitrogens is 6. The van der Waals surface area contributed by atoms with Crippen LogP contribution in [0.4, 0.5) is 4.79 Å². The van der Waals surface area contributed by atoms with Crippen LogP contribution in [0.25, 0.3) is 0 Å². The molecular formula is C39H53N9O6. The second-order valence-corrected chi connectivity index (χ2v) is 15.1. The summed E-state index contributed by atoms with van der Waals surface area (Å²) in [5.41, 5.74) is 1.64. The van der Waals surface area contributed by atoms with Crippen molar-refractivity contribution in [2.24, 2.45) is 5.92 Å². The van der Waals surface area contributed by atoms with Gasteiger partial charge in [0.05, 0.1) is 18.5 Å². The molecule has 5 rings (SSSR count). The highest BCUT2D eigenvalue weighted by atomic mass is 16.6. The van der Waals surface area contributed by atoms with E-state index >= 15 is 0 Å². The minimum atomic E-state index is -1.08. The van der Waals surface area contributed by atoms with Gasteiger partial charge in [-0.05, 0) is 73.2 Å². The van der Waals surface area contributed by atoms with Gasteiger partial charge in [-0.3, -0.25) is 9.59 Å². The molecule has 2 aromatic carbocycles. The Morgan fingerprint density at radius 2 is 1.61 bits per heavy atom. The molecule has 6 N–H and O–H groups in total. The molecule has 0 spiro atoms. The van der Waals surface area contributed by atoms with Gasteiger partial charge in [0.15, 0.2) is 5.82 Å². The lowest BCUT2D eigenvalue weighted by Crippen LogP contribution is -2.58. The van der Waals surface area contributed by atoms with E-state index in [4.69, 9.17) is 4.74 Å². The first kappa shape index (κ1) is 39.9. The van der Waals surface area contributed by atoms with Crippen molar-refractivity contribution in [2.75, 3.05) is 0 Å². The molecule has 0 unspecified atom stereocenters. The van der Waals surface area contributed by atoms with Crippen LogP contribution in [0.5, 0.6) is 5.75 Å². The smallest absolute Gasteiger partial charge is 0.408 e. The van der Waals surface area contributed by atoms with E-state index in [1.165, 1.54) is 6.33 Å². The summed E-state index contributed by atoms with van der Waals surface area (Å²) >= 11 is 0. The van der Waals surface area contributed by atoms with Crippen LogP contribution >= 0.6 is 0 Å². The number of carbonyl (C=O) groups excluding carboxylic acids is 3. The fourth-order valence-corrected chi connectivity index (χ4v) is 6.75. The summed E-state index contributed by atoms with van der Waals surface area (Å²) in [6, 6.07) is 13.4. The Morgan fingerprint density at radius 1 is 0.907 bits per heavy atom. The topological polar surface area (TPSA) is 209 Å². The minimum Gasteiger partial charge on any atom is -0.508 e. The molecule has 15 nitrogen and oxygen atoms in total. The number of benzene rings is 2. The lowest BCUT2D eigenvalue weighted by molar-refractivity contribution is -0.131. The number of ether oxygens (including phenoxy) is 1. The van der Waals surface area contributed by atoms with Crippen molar-refractivity contribution in [3.05, 3.63) is 89.8 Å². The van der Waals surface area contributed by atoms with E-state index in [-0.39, 0.29) is 25.0 Å². The van der Waals surface area contributed by atoms with Gasteiger partial charge in [-0.15, -0.1) is 5.10 Å². The molecule has 54 heavy (non-hydrogen) atoms. The maximum Gasteiger partial charge on any atom is 0.408 e. The molecule has 1 aliphatic rings. The summed E-state index contributed by atoms with van der Waals surface area (Å²) in [6.45, 7) is 5.67. The van der Waals surface area contributed by atoms with E-state index in [2.05, 4.69) is 41.4 Å². The predicted molar refractivity (Wildman–Crippen MR) is 200 cm³/mol. The molecule has 2 heterocycles. The number of rotatable bonds is 17. The van der Waals surface area contributed by atoms with E-state index < -0.39 is 47.7 Å². The lowest BCUT2D eigenvalue weighted by Gasteiger charge is -2.31. The second-order valence-electron chi connectivity index (χ2n) is 15.1. The summed E-state index contributed by atoms with van der Waals surface area (Å²) in [6.07, 6.45) is 8.11. The van der Waals surface area contributed by atoms with Gasteiger partial charge in [0, 0.05) is 37.7 Å². The van der Waals surface area contributed by atoms with E-state index in [1.807, 2.05) is 42.5 Å². The van der Waals surface area contributed by atoms with Crippen molar-refractivity contribution in [1.82, 2.24) is 46.1 Å². The minimum absolute atomic E-state index is 0.0871. The average molecular weight is 744 g/mol. The number of H-pyrrole nitrogens is 1. The molecule has 15 heteroatoms. The Morgan fingerprint density at radius 3 is 2.30 bits per heavy atom. The number of hydrogen-bond acceptors (Lipinski definition) is 10. The third-order valence-electron chi connectivity index (χ3n) is 9.55. The van der Waals surface area contributed by atoms with Crippen molar-refractivity contribution in [3.63, 3.8) is 0 Å². The zero-order valence-electron chi connectivity index (χ0n) is 31.3. The largest absolute Gasteiger partial charge is 0.508 e. The van der Waals surface area contributed by atoms with Gasteiger partial charge in [0.1, 0.15) is 23.4 Å². The van der Waals surface area contributed by atoms with Gasteiger partial charge in [0.2, 0.25) is 11.8 Å². The quantitative estimate of drug-likeness (QED) is 0.0927. The molecule has 2 aromatic heterocycles. The fraction of sp³-hybridized carbons (Fsp3) is 0.513. The van der Waals surface area contributed by atoms with Gasteiger partial charge in [-0.1, -0.05) is 74.6 Å². The lowest BCUT2D eigenvalue weighted by atomic mass is 9.83. The van der Waals surface area contributed by atoms with Crippen molar-refractivity contribution in [3.8, 4) is 5.75 Å². The number of aliphatic hydroxyl groups is 1. The SMILES string of the molecule is CC(C)(C)OC(=O)N[C@@H](Cc1ccccc1)C(=O)N[C@@H](Cc1cnc[nH]1)C(=O)N[C@@H](CC1CCCCC1)[C@@H](O)Cc1nnnn1CCc1ccc(O)cc1. The zero-order chi connectivity index (χ0) is 38.5. The second kappa shape index (κ2) is 19.1. The first-order valence-corrected chi connectivity index (χ1v) is 18.7. The first-order chi connectivity index (χ1) is 25.9. The van der Waals surface area contributed by atoms with E-state index in [1.54, 1.807) is 43.8 Å². The number of amides is 3. The van der Waals surface area contributed by atoms with Crippen molar-refractivity contribution < 1.29 is 29.3 Å².